The Morgan fingerprint density at radius 2 is 2.22 bits per heavy atom. The summed E-state index contributed by atoms with van der Waals surface area (Å²) in [4.78, 5) is 2.21. The van der Waals surface area contributed by atoms with Crippen LogP contribution in [0.3, 0.4) is 0 Å². The van der Waals surface area contributed by atoms with Crippen LogP contribution >= 0.6 is 0 Å². The summed E-state index contributed by atoms with van der Waals surface area (Å²) in [7, 11) is 2.04. The van der Waals surface area contributed by atoms with Gasteiger partial charge in [-0.05, 0) is 32.0 Å². The maximum absolute atomic E-state index is 13.9. The molecule has 0 saturated heterocycles. The first-order valence-electron chi connectivity index (χ1n) is 6.29. The number of aliphatic hydroxyl groups is 1. The van der Waals surface area contributed by atoms with Crippen LogP contribution in [-0.4, -0.2) is 29.7 Å². The molecule has 0 spiro atoms. The van der Waals surface area contributed by atoms with Gasteiger partial charge in [0.25, 0.3) is 0 Å². The zero-order valence-corrected chi connectivity index (χ0v) is 10.6. The van der Waals surface area contributed by atoms with Crippen molar-refractivity contribution in [1.29, 1.82) is 0 Å². The van der Waals surface area contributed by atoms with Gasteiger partial charge in [-0.25, -0.2) is 4.39 Å². The maximum atomic E-state index is 13.9. The molecule has 1 aliphatic carbocycles. The van der Waals surface area contributed by atoms with Crippen molar-refractivity contribution in [3.63, 3.8) is 0 Å². The molecule has 1 N–H and O–H groups in total. The Kier molecular flexibility index (Phi) is 4.35. The molecular formula is C15H18FNO. The third-order valence-electron chi connectivity index (χ3n) is 3.48. The van der Waals surface area contributed by atoms with Gasteiger partial charge in [-0.1, -0.05) is 24.3 Å². The molecular weight excluding hydrogens is 229 g/mol. The van der Waals surface area contributed by atoms with Crippen LogP contribution in [0, 0.1) is 17.7 Å². The van der Waals surface area contributed by atoms with Gasteiger partial charge >= 0.3 is 0 Å². The summed E-state index contributed by atoms with van der Waals surface area (Å²) in [5, 5.41) is 8.59. The van der Waals surface area contributed by atoms with Gasteiger partial charge in [-0.3, -0.25) is 4.90 Å². The molecule has 3 heteroatoms. The summed E-state index contributed by atoms with van der Waals surface area (Å²) in [6.45, 7) is 0.442. The van der Waals surface area contributed by atoms with Gasteiger partial charge in [-0.15, -0.1) is 0 Å². The Morgan fingerprint density at radius 1 is 1.44 bits per heavy atom. The SMILES string of the molecule is CN(Cc1ccc(C#CCO)cc1F)C1CCC1. The average molecular weight is 247 g/mol. The molecule has 1 saturated carbocycles. The second kappa shape index (κ2) is 5.99. The molecule has 2 nitrogen and oxygen atoms in total. The lowest BCUT2D eigenvalue weighted by Crippen LogP contribution is -2.36. The number of nitrogens with zero attached hydrogens (tertiary/aromatic N) is 1. The minimum absolute atomic E-state index is 0.201. The molecule has 2 rings (SSSR count). The lowest BCUT2D eigenvalue weighted by Gasteiger charge is -2.34. The highest BCUT2D eigenvalue weighted by atomic mass is 19.1. The molecule has 1 aromatic rings. The van der Waals surface area contributed by atoms with Crippen molar-refractivity contribution < 1.29 is 9.50 Å². The lowest BCUT2D eigenvalue weighted by molar-refractivity contribution is 0.151. The summed E-state index contributed by atoms with van der Waals surface area (Å²) in [6, 6.07) is 5.63. The molecule has 0 unspecified atom stereocenters. The molecule has 0 aromatic heterocycles. The second-order valence-electron chi connectivity index (χ2n) is 4.77. The van der Waals surface area contributed by atoms with Crippen molar-refractivity contribution in [2.75, 3.05) is 13.7 Å². The zero-order valence-electron chi connectivity index (χ0n) is 10.6. The molecule has 0 heterocycles. The topological polar surface area (TPSA) is 23.5 Å². The van der Waals surface area contributed by atoms with Crippen LogP contribution in [0.1, 0.15) is 30.4 Å². The fourth-order valence-corrected chi connectivity index (χ4v) is 2.12. The second-order valence-corrected chi connectivity index (χ2v) is 4.77. The third-order valence-corrected chi connectivity index (χ3v) is 3.48. The van der Waals surface area contributed by atoms with Gasteiger partial charge in [0.15, 0.2) is 0 Å². The van der Waals surface area contributed by atoms with E-state index in [1.165, 1.54) is 25.3 Å². The van der Waals surface area contributed by atoms with Gasteiger partial charge in [-0.2, -0.15) is 0 Å². The molecule has 0 radical (unpaired) electrons. The Morgan fingerprint density at radius 3 is 2.78 bits per heavy atom. The zero-order chi connectivity index (χ0) is 13.0. The van der Waals surface area contributed by atoms with E-state index in [0.717, 1.165) is 0 Å². The first-order valence-corrected chi connectivity index (χ1v) is 6.29. The van der Waals surface area contributed by atoms with Crippen LogP contribution < -0.4 is 0 Å². The van der Waals surface area contributed by atoms with Crippen molar-refractivity contribution in [3.05, 3.63) is 35.1 Å². The molecule has 96 valence electrons. The molecule has 0 aliphatic heterocycles. The van der Waals surface area contributed by atoms with E-state index in [-0.39, 0.29) is 12.4 Å². The van der Waals surface area contributed by atoms with Gasteiger partial charge in [0.05, 0.1) is 0 Å². The lowest BCUT2D eigenvalue weighted by atomic mass is 9.91. The van der Waals surface area contributed by atoms with E-state index in [9.17, 15) is 4.39 Å². The van der Waals surface area contributed by atoms with Crippen LogP contribution in [-0.2, 0) is 6.54 Å². The first-order chi connectivity index (χ1) is 8.70. The van der Waals surface area contributed by atoms with Gasteiger partial charge < -0.3 is 5.11 Å². The monoisotopic (exact) mass is 247 g/mol. The van der Waals surface area contributed by atoms with Crippen molar-refractivity contribution in [2.24, 2.45) is 0 Å². The van der Waals surface area contributed by atoms with Crippen LogP contribution in [0.2, 0.25) is 0 Å². The fraction of sp³-hybridized carbons (Fsp3) is 0.467. The van der Waals surface area contributed by atoms with E-state index in [4.69, 9.17) is 5.11 Å². The van der Waals surface area contributed by atoms with E-state index in [2.05, 4.69) is 16.7 Å². The number of aliphatic hydroxyl groups excluding tert-OH is 1. The van der Waals surface area contributed by atoms with E-state index in [1.807, 2.05) is 7.05 Å². The van der Waals surface area contributed by atoms with Gasteiger partial charge in [0.1, 0.15) is 12.4 Å². The molecule has 1 fully saturated rings. The van der Waals surface area contributed by atoms with Crippen LogP contribution in [0.15, 0.2) is 18.2 Å². The summed E-state index contributed by atoms with van der Waals surface area (Å²) >= 11 is 0. The summed E-state index contributed by atoms with van der Waals surface area (Å²) < 4.78 is 13.9. The van der Waals surface area contributed by atoms with E-state index >= 15 is 0 Å². The van der Waals surface area contributed by atoms with Gasteiger partial charge in [0, 0.05) is 23.7 Å². The minimum Gasteiger partial charge on any atom is -0.384 e. The molecule has 0 atom stereocenters. The third kappa shape index (κ3) is 3.10. The Balaban J connectivity index is 2.04. The summed E-state index contributed by atoms with van der Waals surface area (Å²) in [5.41, 5.74) is 1.32. The van der Waals surface area contributed by atoms with Crippen molar-refractivity contribution >= 4 is 0 Å². The number of benzene rings is 1. The highest BCUT2D eigenvalue weighted by molar-refractivity contribution is 5.37. The Bertz CT molecular complexity index is 471. The number of rotatable bonds is 3. The summed E-state index contributed by atoms with van der Waals surface area (Å²) in [5.74, 6) is 5.01. The van der Waals surface area contributed by atoms with Crippen molar-refractivity contribution in [2.45, 2.75) is 31.8 Å². The fourth-order valence-electron chi connectivity index (χ4n) is 2.12. The first kappa shape index (κ1) is 13.1. The van der Waals surface area contributed by atoms with Crippen LogP contribution in [0.5, 0.6) is 0 Å². The predicted molar refractivity (Wildman–Crippen MR) is 69.5 cm³/mol. The van der Waals surface area contributed by atoms with Crippen molar-refractivity contribution in [1.82, 2.24) is 4.90 Å². The largest absolute Gasteiger partial charge is 0.384 e. The predicted octanol–water partition coefficient (Wildman–Crippen LogP) is 2.15. The average Bonchev–Trinajstić information content (AvgIpc) is 2.27. The number of hydrogen-bond acceptors (Lipinski definition) is 2. The quantitative estimate of drug-likeness (QED) is 0.827. The molecule has 18 heavy (non-hydrogen) atoms. The highest BCUT2D eigenvalue weighted by Gasteiger charge is 2.22. The molecule has 1 aromatic carbocycles. The minimum atomic E-state index is -0.217. The van der Waals surface area contributed by atoms with E-state index < -0.39 is 0 Å². The molecule has 0 amide bonds. The standard InChI is InChI=1S/C15H18FNO/c1-17(14-5-2-6-14)11-13-8-7-12(4-3-9-18)10-15(13)16/h7-8,10,14,18H,2,5-6,9,11H2,1H3. The Hall–Kier alpha value is -1.37. The highest BCUT2D eigenvalue weighted by Crippen LogP contribution is 2.25. The maximum Gasteiger partial charge on any atom is 0.128 e. The van der Waals surface area contributed by atoms with Crippen molar-refractivity contribution in [3.8, 4) is 11.8 Å². The molecule has 0 bridgehead atoms. The van der Waals surface area contributed by atoms with Crippen LogP contribution in [0.4, 0.5) is 4.39 Å². The number of hydrogen-bond donors (Lipinski definition) is 1. The van der Waals surface area contributed by atoms with E-state index in [1.54, 1.807) is 12.1 Å². The summed E-state index contributed by atoms with van der Waals surface area (Å²) in [6.07, 6.45) is 3.73. The van der Waals surface area contributed by atoms with Gasteiger partial charge in [0.2, 0.25) is 0 Å². The van der Waals surface area contributed by atoms with Crippen LogP contribution in [0.25, 0.3) is 0 Å². The Labute approximate surface area is 107 Å². The number of halogens is 1. The smallest absolute Gasteiger partial charge is 0.128 e. The normalized spacial score (nSPS) is 15.1. The molecule has 1 aliphatic rings. The van der Waals surface area contributed by atoms with E-state index in [0.29, 0.717) is 23.7 Å².